The van der Waals surface area contributed by atoms with Crippen LogP contribution >= 0.6 is 11.6 Å². The number of hydrogen-bond donors (Lipinski definition) is 2. The summed E-state index contributed by atoms with van der Waals surface area (Å²) in [6.45, 7) is 0. The summed E-state index contributed by atoms with van der Waals surface area (Å²) < 4.78 is 5.05. The molecule has 0 aromatic heterocycles. The number of amides is 1. The maximum atomic E-state index is 12.1. The average Bonchev–Trinajstić information content (AvgIpc) is 2.60. The standard InChI is InChI=1S/C19H20ClNO4/c1-25-16-11-10-14(12-15(16)20)18(19(23)24)21-17(22)9-5-8-13-6-3-2-4-7-13/h2-4,6-7,10-12,18H,5,8-9H2,1H3,(H,21,22)(H,23,24). The zero-order valence-electron chi connectivity index (χ0n) is 13.9. The number of aryl methyl sites for hydroxylation is 1. The molecule has 0 saturated carbocycles. The van der Waals surface area contributed by atoms with Crippen LogP contribution in [0.3, 0.4) is 0 Å². The highest BCUT2D eigenvalue weighted by atomic mass is 35.5. The van der Waals surface area contributed by atoms with Crippen molar-refractivity contribution in [3.8, 4) is 5.75 Å². The summed E-state index contributed by atoms with van der Waals surface area (Å²) in [6, 6.07) is 13.3. The van der Waals surface area contributed by atoms with Crippen LogP contribution in [0.5, 0.6) is 5.75 Å². The number of ether oxygens (including phenoxy) is 1. The molecule has 2 rings (SSSR count). The van der Waals surface area contributed by atoms with E-state index in [1.54, 1.807) is 12.1 Å². The number of carboxylic acids is 1. The Bertz CT molecular complexity index is 733. The molecule has 0 saturated heterocycles. The fourth-order valence-electron chi connectivity index (χ4n) is 2.48. The highest BCUT2D eigenvalue weighted by Crippen LogP contribution is 2.27. The minimum atomic E-state index is -1.15. The van der Waals surface area contributed by atoms with Crippen molar-refractivity contribution in [2.75, 3.05) is 7.11 Å². The number of methoxy groups -OCH3 is 1. The Kier molecular flexibility index (Phi) is 6.83. The van der Waals surface area contributed by atoms with Crippen molar-refractivity contribution in [2.24, 2.45) is 0 Å². The molecule has 1 amide bonds. The van der Waals surface area contributed by atoms with Gasteiger partial charge in [0.1, 0.15) is 5.75 Å². The Morgan fingerprint density at radius 3 is 2.52 bits per heavy atom. The van der Waals surface area contributed by atoms with Crippen LogP contribution in [0.2, 0.25) is 5.02 Å². The molecule has 0 heterocycles. The lowest BCUT2D eigenvalue weighted by Gasteiger charge is -2.16. The van der Waals surface area contributed by atoms with Gasteiger partial charge in [0.25, 0.3) is 0 Å². The van der Waals surface area contributed by atoms with Gasteiger partial charge in [-0.05, 0) is 36.1 Å². The van der Waals surface area contributed by atoms with E-state index in [2.05, 4.69) is 5.32 Å². The van der Waals surface area contributed by atoms with Crippen molar-refractivity contribution < 1.29 is 19.4 Å². The largest absolute Gasteiger partial charge is 0.495 e. The molecule has 0 aliphatic rings. The Morgan fingerprint density at radius 1 is 1.20 bits per heavy atom. The van der Waals surface area contributed by atoms with Crippen LogP contribution in [0.1, 0.15) is 30.0 Å². The molecule has 1 unspecified atom stereocenters. The quantitative estimate of drug-likeness (QED) is 0.753. The first kappa shape index (κ1) is 18.8. The van der Waals surface area contributed by atoms with Crippen LogP contribution in [0, 0.1) is 0 Å². The van der Waals surface area contributed by atoms with Gasteiger partial charge < -0.3 is 15.2 Å². The van der Waals surface area contributed by atoms with Crippen molar-refractivity contribution in [1.29, 1.82) is 0 Å². The Balaban J connectivity index is 1.95. The normalized spacial score (nSPS) is 11.6. The average molecular weight is 362 g/mol. The van der Waals surface area contributed by atoms with Gasteiger partial charge in [0.15, 0.2) is 6.04 Å². The molecule has 1 atom stereocenters. The van der Waals surface area contributed by atoms with Crippen molar-refractivity contribution in [3.05, 3.63) is 64.7 Å². The first-order valence-corrected chi connectivity index (χ1v) is 8.28. The molecule has 2 aromatic carbocycles. The van der Waals surface area contributed by atoms with Gasteiger partial charge in [-0.1, -0.05) is 48.0 Å². The Morgan fingerprint density at radius 2 is 1.92 bits per heavy atom. The lowest BCUT2D eigenvalue weighted by atomic mass is 10.1. The smallest absolute Gasteiger partial charge is 0.330 e. The number of aliphatic carboxylic acids is 1. The molecule has 2 N–H and O–H groups in total. The SMILES string of the molecule is COc1ccc(C(NC(=O)CCCc2ccccc2)C(=O)O)cc1Cl. The summed E-state index contributed by atoms with van der Waals surface area (Å²) >= 11 is 6.04. The number of halogens is 1. The van der Waals surface area contributed by atoms with Crippen LogP contribution in [-0.2, 0) is 16.0 Å². The second-order valence-electron chi connectivity index (χ2n) is 5.57. The van der Waals surface area contributed by atoms with E-state index in [0.717, 1.165) is 12.0 Å². The Labute approximate surface area is 151 Å². The van der Waals surface area contributed by atoms with Crippen LogP contribution in [0.4, 0.5) is 0 Å². The maximum Gasteiger partial charge on any atom is 0.330 e. The van der Waals surface area contributed by atoms with Crippen LogP contribution in [0.15, 0.2) is 48.5 Å². The molecule has 0 fully saturated rings. The molecule has 132 valence electrons. The highest BCUT2D eigenvalue weighted by molar-refractivity contribution is 6.32. The summed E-state index contributed by atoms with van der Waals surface area (Å²) in [6.07, 6.45) is 1.66. The number of nitrogens with one attached hydrogen (secondary N) is 1. The van der Waals surface area contributed by atoms with Crippen molar-refractivity contribution in [2.45, 2.75) is 25.3 Å². The third-order valence-corrected chi connectivity index (χ3v) is 4.07. The van der Waals surface area contributed by atoms with E-state index < -0.39 is 12.0 Å². The van der Waals surface area contributed by atoms with Crippen LogP contribution in [-0.4, -0.2) is 24.1 Å². The lowest BCUT2D eigenvalue weighted by Crippen LogP contribution is -2.33. The summed E-state index contributed by atoms with van der Waals surface area (Å²) in [5, 5.41) is 12.2. The molecule has 0 bridgehead atoms. The third-order valence-electron chi connectivity index (χ3n) is 3.77. The zero-order chi connectivity index (χ0) is 18.2. The maximum absolute atomic E-state index is 12.1. The number of benzene rings is 2. The molecule has 2 aromatic rings. The first-order chi connectivity index (χ1) is 12.0. The molecule has 0 spiro atoms. The Hall–Kier alpha value is -2.53. The minimum absolute atomic E-state index is 0.253. The van der Waals surface area contributed by atoms with Gasteiger partial charge in [0.05, 0.1) is 12.1 Å². The van der Waals surface area contributed by atoms with E-state index in [-0.39, 0.29) is 12.3 Å². The first-order valence-electron chi connectivity index (χ1n) is 7.91. The van der Waals surface area contributed by atoms with E-state index in [9.17, 15) is 14.7 Å². The topological polar surface area (TPSA) is 75.6 Å². The molecule has 0 aliphatic heterocycles. The van der Waals surface area contributed by atoms with E-state index in [1.165, 1.54) is 13.2 Å². The molecular weight excluding hydrogens is 342 g/mol. The summed E-state index contributed by atoms with van der Waals surface area (Å²) in [4.78, 5) is 23.6. The molecular formula is C19H20ClNO4. The molecule has 5 nitrogen and oxygen atoms in total. The zero-order valence-corrected chi connectivity index (χ0v) is 14.6. The summed E-state index contributed by atoms with van der Waals surface area (Å²) in [5.41, 5.74) is 1.54. The number of carboxylic acid groups (broad SMARTS) is 1. The molecule has 6 heteroatoms. The van der Waals surface area contributed by atoms with Gasteiger partial charge in [-0.15, -0.1) is 0 Å². The predicted molar refractivity (Wildman–Crippen MR) is 95.9 cm³/mol. The second kappa shape index (κ2) is 9.08. The van der Waals surface area contributed by atoms with Gasteiger partial charge in [-0.25, -0.2) is 4.79 Å². The number of rotatable bonds is 8. The highest BCUT2D eigenvalue weighted by Gasteiger charge is 2.22. The van der Waals surface area contributed by atoms with E-state index >= 15 is 0 Å². The van der Waals surface area contributed by atoms with Crippen LogP contribution < -0.4 is 10.1 Å². The fourth-order valence-corrected chi connectivity index (χ4v) is 2.75. The van der Waals surface area contributed by atoms with Gasteiger partial charge in [-0.2, -0.15) is 0 Å². The number of carbonyl (C=O) groups excluding carboxylic acids is 1. The van der Waals surface area contributed by atoms with Gasteiger partial charge in [0.2, 0.25) is 5.91 Å². The number of carbonyl (C=O) groups is 2. The molecule has 25 heavy (non-hydrogen) atoms. The molecule has 0 aliphatic carbocycles. The monoisotopic (exact) mass is 361 g/mol. The van der Waals surface area contributed by atoms with Gasteiger partial charge in [0, 0.05) is 6.42 Å². The van der Waals surface area contributed by atoms with Crippen molar-refractivity contribution in [3.63, 3.8) is 0 Å². The van der Waals surface area contributed by atoms with E-state index in [0.29, 0.717) is 22.8 Å². The summed E-state index contributed by atoms with van der Waals surface area (Å²) in [7, 11) is 1.48. The van der Waals surface area contributed by atoms with E-state index in [1.807, 2.05) is 30.3 Å². The minimum Gasteiger partial charge on any atom is -0.495 e. The lowest BCUT2D eigenvalue weighted by molar-refractivity contribution is -0.142. The number of hydrogen-bond acceptors (Lipinski definition) is 3. The second-order valence-corrected chi connectivity index (χ2v) is 5.98. The van der Waals surface area contributed by atoms with Gasteiger partial charge in [-0.3, -0.25) is 4.79 Å². The predicted octanol–water partition coefficient (Wildman–Crippen LogP) is 3.61. The van der Waals surface area contributed by atoms with Crippen molar-refractivity contribution >= 4 is 23.5 Å². The van der Waals surface area contributed by atoms with Crippen LogP contribution in [0.25, 0.3) is 0 Å². The molecule has 0 radical (unpaired) electrons. The van der Waals surface area contributed by atoms with Crippen molar-refractivity contribution in [1.82, 2.24) is 5.32 Å². The fraction of sp³-hybridized carbons (Fsp3) is 0.263. The van der Waals surface area contributed by atoms with Gasteiger partial charge >= 0.3 is 5.97 Å². The van der Waals surface area contributed by atoms with E-state index in [4.69, 9.17) is 16.3 Å². The third kappa shape index (κ3) is 5.50. The summed E-state index contributed by atoms with van der Waals surface area (Å²) in [5.74, 6) is -1.00.